The van der Waals surface area contributed by atoms with Crippen LogP contribution in [-0.4, -0.2) is 26.2 Å². The molecule has 0 radical (unpaired) electrons. The first-order chi connectivity index (χ1) is 10.4. The molecule has 0 bridgehead atoms. The van der Waals surface area contributed by atoms with E-state index in [9.17, 15) is 8.42 Å². The number of rotatable bonds is 7. The minimum atomic E-state index is -3.12. The number of sulfone groups is 1. The predicted octanol–water partition coefficient (Wildman–Crippen LogP) is 3.14. The fraction of sp³-hybridized carbons (Fsp3) is 0.438. The summed E-state index contributed by atoms with van der Waals surface area (Å²) in [5, 5.41) is 6.72. The van der Waals surface area contributed by atoms with Crippen LogP contribution in [0.2, 0.25) is 0 Å². The summed E-state index contributed by atoms with van der Waals surface area (Å²) < 4.78 is 22.9. The summed E-state index contributed by atoms with van der Waals surface area (Å²) in [4.78, 5) is 4.82. The molecule has 6 heteroatoms. The van der Waals surface area contributed by atoms with Crippen LogP contribution in [0.3, 0.4) is 0 Å². The van der Waals surface area contributed by atoms with Crippen LogP contribution in [0.5, 0.6) is 0 Å². The van der Waals surface area contributed by atoms with Crippen molar-refractivity contribution in [2.75, 3.05) is 12.8 Å². The molecule has 0 spiro atoms. The monoisotopic (exact) mass is 338 g/mol. The van der Waals surface area contributed by atoms with Gasteiger partial charge in [-0.05, 0) is 44.5 Å². The lowest BCUT2D eigenvalue weighted by Crippen LogP contribution is -2.20. The first kappa shape index (κ1) is 17.1. The highest BCUT2D eigenvalue weighted by molar-refractivity contribution is 7.90. The topological polar surface area (TPSA) is 59.1 Å². The van der Waals surface area contributed by atoms with Crippen molar-refractivity contribution in [1.82, 2.24) is 10.3 Å². The molecular weight excluding hydrogens is 316 g/mol. The van der Waals surface area contributed by atoms with E-state index < -0.39 is 9.84 Å². The first-order valence-electron chi connectivity index (χ1n) is 7.30. The van der Waals surface area contributed by atoms with Crippen LogP contribution in [0.1, 0.15) is 35.7 Å². The van der Waals surface area contributed by atoms with Crippen molar-refractivity contribution in [3.05, 3.63) is 45.9 Å². The first-order valence-corrected chi connectivity index (χ1v) is 10.1. The second-order valence-corrected chi connectivity index (χ2v) is 8.46. The van der Waals surface area contributed by atoms with Crippen molar-refractivity contribution in [1.29, 1.82) is 0 Å². The van der Waals surface area contributed by atoms with Gasteiger partial charge in [-0.1, -0.05) is 12.1 Å². The number of nitrogens with zero attached hydrogens (tertiary/aromatic N) is 1. The molecular formula is C16H22N2O2S2. The van der Waals surface area contributed by atoms with Gasteiger partial charge in [-0.2, -0.15) is 0 Å². The second kappa shape index (κ2) is 7.35. The van der Waals surface area contributed by atoms with Gasteiger partial charge in [0.15, 0.2) is 9.84 Å². The van der Waals surface area contributed by atoms with Gasteiger partial charge in [0, 0.05) is 29.8 Å². The van der Waals surface area contributed by atoms with Gasteiger partial charge < -0.3 is 5.32 Å². The number of hydrogen-bond acceptors (Lipinski definition) is 5. The van der Waals surface area contributed by atoms with Gasteiger partial charge >= 0.3 is 0 Å². The summed E-state index contributed by atoms with van der Waals surface area (Å²) in [7, 11) is -3.12. The Bertz CT molecular complexity index is 706. The Balaban J connectivity index is 1.80. The minimum Gasteiger partial charge on any atom is -0.310 e. The van der Waals surface area contributed by atoms with Crippen molar-refractivity contribution < 1.29 is 8.42 Å². The standard InChI is InChI=1S/C16H22N2O2S2/c1-12-11-21-16(18-12)5-4-10-17-13(2)14-6-8-15(9-7-14)22(3,19)20/h6-9,11,13,17H,4-5,10H2,1-3H3/t13-/m0/s1. The van der Waals surface area contributed by atoms with Crippen LogP contribution in [0, 0.1) is 6.92 Å². The normalized spacial score (nSPS) is 13.2. The molecule has 1 atom stereocenters. The zero-order valence-corrected chi connectivity index (χ0v) is 14.8. The molecule has 2 rings (SSSR count). The van der Waals surface area contributed by atoms with Gasteiger partial charge in [-0.25, -0.2) is 13.4 Å². The van der Waals surface area contributed by atoms with E-state index in [0.717, 1.165) is 30.6 Å². The van der Waals surface area contributed by atoms with Crippen molar-refractivity contribution in [2.45, 2.75) is 37.6 Å². The molecule has 0 aliphatic carbocycles. The molecule has 22 heavy (non-hydrogen) atoms. The van der Waals surface area contributed by atoms with Gasteiger partial charge in [0.25, 0.3) is 0 Å². The largest absolute Gasteiger partial charge is 0.310 e. The Morgan fingerprint density at radius 3 is 2.50 bits per heavy atom. The van der Waals surface area contributed by atoms with Crippen LogP contribution in [0.15, 0.2) is 34.5 Å². The maximum Gasteiger partial charge on any atom is 0.175 e. The van der Waals surface area contributed by atoms with Gasteiger partial charge in [-0.3, -0.25) is 0 Å². The summed E-state index contributed by atoms with van der Waals surface area (Å²) in [6.07, 6.45) is 3.26. The van der Waals surface area contributed by atoms with E-state index in [1.54, 1.807) is 23.5 Å². The second-order valence-electron chi connectivity index (χ2n) is 5.50. The Morgan fingerprint density at radius 2 is 1.95 bits per heavy atom. The molecule has 0 aliphatic rings. The molecule has 0 fully saturated rings. The van der Waals surface area contributed by atoms with Crippen molar-refractivity contribution in [2.24, 2.45) is 0 Å². The summed E-state index contributed by atoms with van der Waals surface area (Å²) in [6, 6.07) is 7.28. The number of hydrogen-bond donors (Lipinski definition) is 1. The molecule has 120 valence electrons. The molecule has 0 saturated heterocycles. The van der Waals surface area contributed by atoms with Crippen LogP contribution in [0.4, 0.5) is 0 Å². The predicted molar refractivity (Wildman–Crippen MR) is 91.1 cm³/mol. The third-order valence-electron chi connectivity index (χ3n) is 3.49. The molecule has 1 N–H and O–H groups in total. The van der Waals surface area contributed by atoms with E-state index in [1.807, 2.05) is 19.1 Å². The van der Waals surface area contributed by atoms with E-state index in [-0.39, 0.29) is 6.04 Å². The molecule has 0 aliphatic heterocycles. The molecule has 4 nitrogen and oxygen atoms in total. The van der Waals surface area contributed by atoms with E-state index in [1.165, 1.54) is 11.3 Å². The van der Waals surface area contributed by atoms with Gasteiger partial charge in [0.1, 0.15) is 0 Å². The number of benzene rings is 1. The van der Waals surface area contributed by atoms with E-state index in [2.05, 4.69) is 22.6 Å². The van der Waals surface area contributed by atoms with Gasteiger partial charge in [0.05, 0.1) is 9.90 Å². The smallest absolute Gasteiger partial charge is 0.175 e. The molecule has 1 heterocycles. The zero-order chi connectivity index (χ0) is 16.2. The van der Waals surface area contributed by atoms with Crippen molar-refractivity contribution in [3.63, 3.8) is 0 Å². The quantitative estimate of drug-likeness (QED) is 0.788. The molecule has 0 amide bonds. The maximum atomic E-state index is 11.4. The number of aryl methyl sites for hydroxylation is 2. The van der Waals surface area contributed by atoms with Crippen LogP contribution < -0.4 is 5.32 Å². The Kier molecular flexibility index (Phi) is 5.72. The highest BCUT2D eigenvalue weighted by atomic mass is 32.2. The molecule has 1 aromatic carbocycles. The average Bonchev–Trinajstić information content (AvgIpc) is 2.88. The Hall–Kier alpha value is -1.24. The Labute approximate surface area is 136 Å². The Morgan fingerprint density at radius 1 is 1.27 bits per heavy atom. The van der Waals surface area contributed by atoms with E-state index in [0.29, 0.717) is 4.90 Å². The van der Waals surface area contributed by atoms with E-state index in [4.69, 9.17) is 0 Å². The number of nitrogens with one attached hydrogen (secondary N) is 1. The average molecular weight is 338 g/mol. The SMILES string of the molecule is Cc1csc(CCCN[C@@H](C)c2ccc(S(C)(=O)=O)cc2)n1. The van der Waals surface area contributed by atoms with Crippen LogP contribution >= 0.6 is 11.3 Å². The zero-order valence-electron chi connectivity index (χ0n) is 13.2. The van der Waals surface area contributed by atoms with Crippen molar-refractivity contribution >= 4 is 21.2 Å². The lowest BCUT2D eigenvalue weighted by molar-refractivity contribution is 0.557. The van der Waals surface area contributed by atoms with Gasteiger partial charge in [0.2, 0.25) is 0 Å². The lowest BCUT2D eigenvalue weighted by atomic mass is 10.1. The minimum absolute atomic E-state index is 0.201. The van der Waals surface area contributed by atoms with Crippen LogP contribution in [-0.2, 0) is 16.3 Å². The highest BCUT2D eigenvalue weighted by Gasteiger charge is 2.09. The van der Waals surface area contributed by atoms with Gasteiger partial charge in [-0.15, -0.1) is 11.3 Å². The molecule has 0 unspecified atom stereocenters. The summed E-state index contributed by atoms with van der Waals surface area (Å²) in [6.45, 7) is 5.01. The van der Waals surface area contributed by atoms with Crippen LogP contribution in [0.25, 0.3) is 0 Å². The fourth-order valence-electron chi connectivity index (χ4n) is 2.20. The molecule has 2 aromatic rings. The maximum absolute atomic E-state index is 11.4. The summed E-state index contributed by atoms with van der Waals surface area (Å²) in [5.74, 6) is 0. The molecule has 0 saturated carbocycles. The summed E-state index contributed by atoms with van der Waals surface area (Å²) in [5.41, 5.74) is 2.18. The third-order valence-corrected chi connectivity index (χ3v) is 5.65. The lowest BCUT2D eigenvalue weighted by Gasteiger charge is -2.14. The number of aromatic nitrogens is 1. The third kappa shape index (κ3) is 4.90. The number of thiazole rings is 1. The highest BCUT2D eigenvalue weighted by Crippen LogP contribution is 2.16. The fourth-order valence-corrected chi connectivity index (χ4v) is 3.65. The van der Waals surface area contributed by atoms with Crippen molar-refractivity contribution in [3.8, 4) is 0 Å². The molecule has 1 aromatic heterocycles. The summed E-state index contributed by atoms with van der Waals surface area (Å²) >= 11 is 1.71. The van der Waals surface area contributed by atoms with E-state index >= 15 is 0 Å².